The van der Waals surface area contributed by atoms with Crippen LogP contribution in [-0.2, 0) is 4.79 Å². The zero-order valence-corrected chi connectivity index (χ0v) is 25.8. The van der Waals surface area contributed by atoms with Crippen LogP contribution in [0.3, 0.4) is 0 Å². The highest BCUT2D eigenvalue weighted by Crippen LogP contribution is 2.33. The van der Waals surface area contributed by atoms with Crippen LogP contribution >= 0.6 is 0 Å². The van der Waals surface area contributed by atoms with Gasteiger partial charge in [0.1, 0.15) is 17.1 Å². The molecule has 0 bridgehead atoms. The Morgan fingerprint density at radius 3 is 1.74 bits per heavy atom. The Labute approximate surface area is 267 Å². The number of anilines is 2. The van der Waals surface area contributed by atoms with E-state index < -0.39 is 5.60 Å². The number of carbonyl (C=O) groups excluding carboxylic acids is 1. The van der Waals surface area contributed by atoms with Gasteiger partial charge in [-0.15, -0.1) is 20.4 Å². The lowest BCUT2D eigenvalue weighted by Crippen LogP contribution is -2.46. The Morgan fingerprint density at radius 1 is 0.783 bits per heavy atom. The zero-order valence-electron chi connectivity index (χ0n) is 25.8. The van der Waals surface area contributed by atoms with Gasteiger partial charge in [-0.25, -0.2) is 0 Å². The smallest absolute Gasteiger partial charge is 0.254 e. The predicted octanol–water partition coefficient (Wildman–Crippen LogP) is 3.63. The number of aliphatic hydroxyl groups is 1. The lowest BCUT2D eigenvalue weighted by molar-refractivity contribution is -0.147. The third kappa shape index (κ3) is 7.31. The fourth-order valence-corrected chi connectivity index (χ4v) is 5.31. The summed E-state index contributed by atoms with van der Waals surface area (Å²) in [5.74, 6) is 0.743. The van der Waals surface area contributed by atoms with E-state index >= 15 is 0 Å². The molecule has 4 heterocycles. The Hall–Kier alpha value is -5.33. The van der Waals surface area contributed by atoms with Gasteiger partial charge in [0.2, 0.25) is 0 Å². The van der Waals surface area contributed by atoms with E-state index in [2.05, 4.69) is 31.8 Å². The predicted molar refractivity (Wildman–Crippen MR) is 178 cm³/mol. The summed E-state index contributed by atoms with van der Waals surface area (Å²) in [5.41, 5.74) is 16.7. The van der Waals surface area contributed by atoms with Gasteiger partial charge in [-0.2, -0.15) is 0 Å². The molecule has 46 heavy (non-hydrogen) atoms. The average molecular weight is 623 g/mol. The summed E-state index contributed by atoms with van der Waals surface area (Å²) < 4.78 is 0. The van der Waals surface area contributed by atoms with Crippen LogP contribution in [0.15, 0.2) is 72.8 Å². The molecule has 238 valence electrons. The fourth-order valence-electron chi connectivity index (χ4n) is 5.31. The quantitative estimate of drug-likeness (QED) is 0.190. The molecule has 0 fully saturated rings. The zero-order chi connectivity index (χ0) is 32.8. The van der Waals surface area contributed by atoms with E-state index in [4.69, 9.17) is 11.5 Å². The molecule has 12 heteroatoms. The van der Waals surface area contributed by atoms with Gasteiger partial charge < -0.3 is 37.0 Å². The third-order valence-corrected chi connectivity index (χ3v) is 7.78. The Balaban J connectivity index is 0.000000187. The van der Waals surface area contributed by atoms with Crippen molar-refractivity contribution in [1.29, 1.82) is 0 Å². The number of rotatable bonds is 5. The van der Waals surface area contributed by atoms with Crippen LogP contribution in [-0.4, -0.2) is 78.3 Å². The number of para-hydroxylation sites is 2. The molecular weight excluding hydrogens is 584 g/mol. The molecular formula is C34H38N8O4. The standard InChI is InChI=1S/C19H22N4O3.C15H16N4O/c1-19(2,26)18(25)23-9-7-12(8-10-23)14-11-15(21-22-17(14)20)13-5-3-4-6-16(13)24;16-15-12(10-5-7-17-8-6-10)9-13(18-19-15)11-3-1-2-4-14(11)20/h3-7,11,24,26H,8-10H2,1-2H3,(H2,20,22);1-5,9,17,20H,6-8H2,(H2,16,19). The number of nitrogens with zero attached hydrogens (tertiary/aromatic N) is 5. The van der Waals surface area contributed by atoms with E-state index in [0.717, 1.165) is 36.2 Å². The van der Waals surface area contributed by atoms with Crippen molar-refractivity contribution in [2.45, 2.75) is 32.3 Å². The first-order chi connectivity index (χ1) is 22.0. The average Bonchev–Trinajstić information content (AvgIpc) is 3.06. The molecule has 2 aromatic carbocycles. The number of nitrogen functional groups attached to an aromatic ring is 2. The Kier molecular flexibility index (Phi) is 9.59. The summed E-state index contributed by atoms with van der Waals surface area (Å²) in [6.45, 7) is 5.62. The van der Waals surface area contributed by atoms with Gasteiger partial charge in [0.05, 0.1) is 11.4 Å². The van der Waals surface area contributed by atoms with Crippen molar-refractivity contribution in [2.75, 3.05) is 37.6 Å². The number of carbonyl (C=O) groups is 1. The van der Waals surface area contributed by atoms with E-state index in [-0.39, 0.29) is 17.4 Å². The maximum Gasteiger partial charge on any atom is 0.254 e. The van der Waals surface area contributed by atoms with Crippen molar-refractivity contribution in [3.63, 3.8) is 0 Å². The SMILES string of the molecule is CC(C)(O)C(=O)N1CC=C(c2cc(-c3ccccc3O)nnc2N)CC1.Nc1nnc(-c2ccccc2O)cc1C1=CCNCC1. The number of amides is 1. The van der Waals surface area contributed by atoms with Crippen molar-refractivity contribution in [3.05, 3.63) is 83.9 Å². The highest BCUT2D eigenvalue weighted by molar-refractivity contribution is 5.86. The monoisotopic (exact) mass is 622 g/mol. The number of aromatic nitrogens is 4. The molecule has 0 saturated carbocycles. The minimum Gasteiger partial charge on any atom is -0.507 e. The first-order valence-corrected chi connectivity index (χ1v) is 15.0. The number of phenols is 2. The molecule has 0 aliphatic carbocycles. The number of nitrogens with two attached hydrogens (primary N) is 2. The van der Waals surface area contributed by atoms with Crippen molar-refractivity contribution in [1.82, 2.24) is 30.6 Å². The molecule has 0 radical (unpaired) electrons. The van der Waals surface area contributed by atoms with Gasteiger partial charge in [-0.1, -0.05) is 36.4 Å². The van der Waals surface area contributed by atoms with Gasteiger partial charge >= 0.3 is 0 Å². The van der Waals surface area contributed by atoms with Crippen LogP contribution in [0.5, 0.6) is 11.5 Å². The summed E-state index contributed by atoms with van der Waals surface area (Å²) in [7, 11) is 0. The number of phenolic OH excluding ortho intramolecular Hbond substituents is 2. The topological polar surface area (TPSA) is 197 Å². The maximum absolute atomic E-state index is 12.2. The van der Waals surface area contributed by atoms with E-state index in [1.165, 1.54) is 19.4 Å². The van der Waals surface area contributed by atoms with Crippen LogP contribution in [0.2, 0.25) is 0 Å². The number of benzene rings is 2. The summed E-state index contributed by atoms with van der Waals surface area (Å²) in [6.07, 6.45) is 5.54. The van der Waals surface area contributed by atoms with Crippen LogP contribution in [0, 0.1) is 0 Å². The second-order valence-electron chi connectivity index (χ2n) is 11.6. The molecule has 0 spiro atoms. The van der Waals surface area contributed by atoms with Gasteiger partial charge in [0, 0.05) is 41.9 Å². The van der Waals surface area contributed by atoms with Crippen molar-refractivity contribution in [2.24, 2.45) is 0 Å². The molecule has 2 aliphatic heterocycles. The van der Waals surface area contributed by atoms with Gasteiger partial charge in [-0.3, -0.25) is 4.79 Å². The van der Waals surface area contributed by atoms with Crippen molar-refractivity contribution < 1.29 is 20.1 Å². The highest BCUT2D eigenvalue weighted by Gasteiger charge is 2.30. The molecule has 1 amide bonds. The normalized spacial score (nSPS) is 14.9. The molecule has 4 aromatic rings. The Bertz CT molecular complexity index is 1800. The van der Waals surface area contributed by atoms with Crippen molar-refractivity contribution in [3.8, 4) is 34.0 Å². The summed E-state index contributed by atoms with van der Waals surface area (Å²) in [4.78, 5) is 13.8. The molecule has 2 aromatic heterocycles. The summed E-state index contributed by atoms with van der Waals surface area (Å²) in [6, 6.07) is 17.7. The lowest BCUT2D eigenvalue weighted by atomic mass is 9.97. The van der Waals surface area contributed by atoms with Crippen LogP contribution in [0.1, 0.15) is 37.8 Å². The van der Waals surface area contributed by atoms with E-state index in [9.17, 15) is 20.1 Å². The van der Waals surface area contributed by atoms with Crippen LogP contribution in [0.4, 0.5) is 11.6 Å². The largest absolute Gasteiger partial charge is 0.507 e. The van der Waals surface area contributed by atoms with Gasteiger partial charge in [0.15, 0.2) is 11.6 Å². The second kappa shape index (κ2) is 13.8. The minimum absolute atomic E-state index is 0.122. The summed E-state index contributed by atoms with van der Waals surface area (Å²) >= 11 is 0. The molecule has 0 atom stereocenters. The minimum atomic E-state index is -1.39. The molecule has 0 saturated heterocycles. The van der Waals surface area contributed by atoms with Crippen LogP contribution < -0.4 is 16.8 Å². The number of aromatic hydroxyl groups is 2. The van der Waals surface area contributed by atoms with E-state index in [1.54, 1.807) is 41.3 Å². The van der Waals surface area contributed by atoms with Gasteiger partial charge in [-0.05, 0) is 80.8 Å². The molecule has 12 nitrogen and oxygen atoms in total. The fraction of sp³-hybridized carbons (Fsp3) is 0.265. The molecule has 8 N–H and O–H groups in total. The first-order valence-electron chi connectivity index (χ1n) is 15.0. The number of nitrogens with one attached hydrogen (secondary N) is 1. The lowest BCUT2D eigenvalue weighted by Gasteiger charge is -2.31. The van der Waals surface area contributed by atoms with Crippen LogP contribution in [0.25, 0.3) is 33.7 Å². The molecule has 0 unspecified atom stereocenters. The van der Waals surface area contributed by atoms with Gasteiger partial charge in [0.25, 0.3) is 5.91 Å². The van der Waals surface area contributed by atoms with E-state index in [1.807, 2.05) is 30.3 Å². The third-order valence-electron chi connectivity index (χ3n) is 7.78. The van der Waals surface area contributed by atoms with Crippen molar-refractivity contribution >= 4 is 28.7 Å². The number of hydrogen-bond acceptors (Lipinski definition) is 11. The first kappa shape index (κ1) is 32.1. The van der Waals surface area contributed by atoms with E-state index in [0.29, 0.717) is 53.7 Å². The maximum atomic E-state index is 12.2. The highest BCUT2D eigenvalue weighted by atomic mass is 16.3. The number of hydrogen-bond donors (Lipinski definition) is 6. The second-order valence-corrected chi connectivity index (χ2v) is 11.6. The molecule has 2 aliphatic rings. The summed E-state index contributed by atoms with van der Waals surface area (Å²) in [5, 5.41) is 49.3. The molecule has 6 rings (SSSR count). The Morgan fingerprint density at radius 2 is 1.30 bits per heavy atom.